The summed E-state index contributed by atoms with van der Waals surface area (Å²) in [5.41, 5.74) is 1.54. The molecule has 1 unspecified atom stereocenters. The zero-order chi connectivity index (χ0) is 21.0. The van der Waals surface area contributed by atoms with Crippen molar-refractivity contribution >= 4 is 35.1 Å². The van der Waals surface area contributed by atoms with E-state index in [0.29, 0.717) is 27.1 Å². The van der Waals surface area contributed by atoms with Gasteiger partial charge in [-0.2, -0.15) is 5.10 Å². The molecule has 1 N–H and O–H groups in total. The first-order valence-corrected chi connectivity index (χ1v) is 9.50. The van der Waals surface area contributed by atoms with Crippen molar-refractivity contribution < 1.29 is 14.3 Å². The number of pyridine rings is 1. The van der Waals surface area contributed by atoms with Crippen LogP contribution >= 0.6 is 23.2 Å². The van der Waals surface area contributed by atoms with E-state index in [1.807, 2.05) is 6.07 Å². The van der Waals surface area contributed by atoms with Crippen molar-refractivity contribution in [3.63, 3.8) is 0 Å². The van der Waals surface area contributed by atoms with E-state index in [-0.39, 0.29) is 11.6 Å². The fourth-order valence-electron chi connectivity index (χ4n) is 2.74. The Bertz CT molecular complexity index is 1040. The molecule has 0 saturated heterocycles. The van der Waals surface area contributed by atoms with Crippen LogP contribution in [0.4, 0.5) is 0 Å². The molecule has 0 fully saturated rings. The van der Waals surface area contributed by atoms with Crippen molar-refractivity contribution in [2.24, 2.45) is 0 Å². The molecule has 0 saturated carbocycles. The topological polar surface area (TPSA) is 86.1 Å². The molecule has 1 aromatic carbocycles. The van der Waals surface area contributed by atoms with Gasteiger partial charge in [0.15, 0.2) is 12.4 Å². The van der Waals surface area contributed by atoms with Gasteiger partial charge in [-0.15, -0.1) is 0 Å². The third-order valence-corrected chi connectivity index (χ3v) is 4.80. The highest BCUT2D eigenvalue weighted by molar-refractivity contribution is 6.35. The van der Waals surface area contributed by atoms with Gasteiger partial charge < -0.3 is 10.1 Å². The van der Waals surface area contributed by atoms with E-state index < -0.39 is 18.5 Å². The van der Waals surface area contributed by atoms with Crippen molar-refractivity contribution in [3.8, 4) is 5.82 Å². The summed E-state index contributed by atoms with van der Waals surface area (Å²) in [6, 6.07) is 10.0. The Hall–Kier alpha value is -2.90. The highest BCUT2D eigenvalue weighted by Crippen LogP contribution is 2.26. The number of esters is 1. The van der Waals surface area contributed by atoms with Gasteiger partial charge in [-0.05, 0) is 43.7 Å². The molecule has 0 radical (unpaired) electrons. The number of rotatable bonds is 6. The summed E-state index contributed by atoms with van der Waals surface area (Å²) in [6.07, 6.45) is 3.02. The van der Waals surface area contributed by atoms with Gasteiger partial charge in [0.25, 0.3) is 5.91 Å². The van der Waals surface area contributed by atoms with Gasteiger partial charge in [0, 0.05) is 16.2 Å². The number of hydrogen-bond donors (Lipinski definition) is 1. The molecular formula is C20H18Cl2N4O3. The summed E-state index contributed by atoms with van der Waals surface area (Å²) in [4.78, 5) is 28.7. The first-order chi connectivity index (χ1) is 13.9. The maximum Gasteiger partial charge on any atom is 0.342 e. The Morgan fingerprint density at radius 1 is 1.24 bits per heavy atom. The highest BCUT2D eigenvalue weighted by Gasteiger charge is 2.19. The normalized spacial score (nSPS) is 11.7. The number of nitrogens with one attached hydrogen (secondary N) is 1. The minimum atomic E-state index is -0.642. The molecule has 2 aromatic heterocycles. The maximum absolute atomic E-state index is 12.4. The van der Waals surface area contributed by atoms with Gasteiger partial charge in [-0.25, -0.2) is 14.5 Å². The standard InChI is InChI=1S/C20H18Cl2N4O3/c1-12(15-7-6-14(21)9-17(15)22)25-19(27)11-29-20(28)16-10-24-26(13(16)2)18-5-3-4-8-23-18/h3-10,12H,11H2,1-2H3,(H,25,27). The monoisotopic (exact) mass is 432 g/mol. The molecule has 1 amide bonds. The number of ether oxygens (including phenoxy) is 1. The van der Waals surface area contributed by atoms with E-state index in [0.717, 1.165) is 0 Å². The number of amides is 1. The van der Waals surface area contributed by atoms with E-state index >= 15 is 0 Å². The third kappa shape index (κ3) is 4.93. The van der Waals surface area contributed by atoms with Gasteiger partial charge in [0.2, 0.25) is 0 Å². The minimum Gasteiger partial charge on any atom is -0.452 e. The van der Waals surface area contributed by atoms with E-state index in [9.17, 15) is 9.59 Å². The Labute approximate surface area is 177 Å². The number of carbonyl (C=O) groups is 2. The molecule has 0 aliphatic rings. The summed E-state index contributed by atoms with van der Waals surface area (Å²) < 4.78 is 6.66. The van der Waals surface area contributed by atoms with Crippen LogP contribution in [0.25, 0.3) is 5.82 Å². The molecule has 150 valence electrons. The fraction of sp³-hybridized carbons (Fsp3) is 0.200. The predicted molar refractivity (Wildman–Crippen MR) is 109 cm³/mol. The second-order valence-corrected chi connectivity index (χ2v) is 7.12. The number of nitrogens with zero attached hydrogens (tertiary/aromatic N) is 3. The van der Waals surface area contributed by atoms with Crippen LogP contribution in [-0.2, 0) is 9.53 Å². The smallest absolute Gasteiger partial charge is 0.342 e. The number of benzene rings is 1. The van der Waals surface area contributed by atoms with Crippen molar-refractivity contribution in [1.29, 1.82) is 0 Å². The number of halogens is 2. The average Bonchev–Trinajstić information content (AvgIpc) is 3.08. The first kappa shape index (κ1) is 20.8. The van der Waals surface area contributed by atoms with Gasteiger partial charge in [0.05, 0.1) is 17.9 Å². The van der Waals surface area contributed by atoms with Crippen LogP contribution in [0, 0.1) is 6.92 Å². The zero-order valence-corrected chi connectivity index (χ0v) is 17.2. The molecule has 0 aliphatic carbocycles. The molecule has 1 atom stereocenters. The molecule has 3 aromatic rings. The largest absolute Gasteiger partial charge is 0.452 e. The molecule has 0 aliphatic heterocycles. The van der Waals surface area contributed by atoms with Crippen molar-refractivity contribution in [3.05, 3.63) is 75.7 Å². The molecule has 0 bridgehead atoms. The molecular weight excluding hydrogens is 415 g/mol. The molecule has 2 heterocycles. The van der Waals surface area contributed by atoms with E-state index in [4.69, 9.17) is 27.9 Å². The molecule has 0 spiro atoms. The quantitative estimate of drug-likeness (QED) is 0.596. The van der Waals surface area contributed by atoms with Crippen molar-refractivity contribution in [2.75, 3.05) is 6.61 Å². The Morgan fingerprint density at radius 3 is 2.72 bits per heavy atom. The molecule has 9 heteroatoms. The lowest BCUT2D eigenvalue weighted by Gasteiger charge is -2.16. The van der Waals surface area contributed by atoms with E-state index in [2.05, 4.69) is 15.4 Å². The Kier molecular flexibility index (Phi) is 6.51. The SMILES string of the molecule is Cc1c(C(=O)OCC(=O)NC(C)c2ccc(Cl)cc2Cl)cnn1-c1ccccn1. The lowest BCUT2D eigenvalue weighted by atomic mass is 10.1. The van der Waals surface area contributed by atoms with Crippen LogP contribution in [0.1, 0.15) is 34.6 Å². The van der Waals surface area contributed by atoms with Crippen LogP contribution in [0.15, 0.2) is 48.8 Å². The van der Waals surface area contributed by atoms with Crippen molar-refractivity contribution in [1.82, 2.24) is 20.1 Å². The molecule has 29 heavy (non-hydrogen) atoms. The summed E-state index contributed by atoms with van der Waals surface area (Å²) in [7, 11) is 0. The van der Waals surface area contributed by atoms with Crippen LogP contribution < -0.4 is 5.32 Å². The van der Waals surface area contributed by atoms with Crippen LogP contribution in [0.5, 0.6) is 0 Å². The fourth-order valence-corrected chi connectivity index (χ4v) is 3.31. The summed E-state index contributed by atoms with van der Waals surface area (Å²) >= 11 is 12.0. The second-order valence-electron chi connectivity index (χ2n) is 6.27. The highest BCUT2D eigenvalue weighted by atomic mass is 35.5. The third-order valence-electron chi connectivity index (χ3n) is 4.24. The zero-order valence-electron chi connectivity index (χ0n) is 15.7. The summed E-state index contributed by atoms with van der Waals surface area (Å²) in [5, 5.41) is 7.85. The number of hydrogen-bond acceptors (Lipinski definition) is 5. The summed E-state index contributed by atoms with van der Waals surface area (Å²) in [6.45, 7) is 3.07. The van der Waals surface area contributed by atoms with Gasteiger partial charge in [0.1, 0.15) is 5.56 Å². The lowest BCUT2D eigenvalue weighted by molar-refractivity contribution is -0.124. The van der Waals surface area contributed by atoms with Crippen LogP contribution in [0.3, 0.4) is 0 Å². The summed E-state index contributed by atoms with van der Waals surface area (Å²) in [5.74, 6) is -0.515. The van der Waals surface area contributed by atoms with E-state index in [1.165, 1.54) is 10.9 Å². The Balaban J connectivity index is 1.59. The lowest BCUT2D eigenvalue weighted by Crippen LogP contribution is -2.31. The average molecular weight is 433 g/mol. The number of aromatic nitrogens is 3. The first-order valence-electron chi connectivity index (χ1n) is 8.74. The predicted octanol–water partition coefficient (Wildman–Crippen LogP) is 3.92. The minimum absolute atomic E-state index is 0.261. The molecule has 3 rings (SSSR count). The van der Waals surface area contributed by atoms with Crippen LogP contribution in [-0.4, -0.2) is 33.2 Å². The Morgan fingerprint density at radius 2 is 2.03 bits per heavy atom. The van der Waals surface area contributed by atoms with Gasteiger partial charge >= 0.3 is 5.97 Å². The second kappa shape index (κ2) is 9.07. The van der Waals surface area contributed by atoms with E-state index in [1.54, 1.807) is 50.4 Å². The van der Waals surface area contributed by atoms with Crippen LogP contribution in [0.2, 0.25) is 10.0 Å². The maximum atomic E-state index is 12.4. The van der Waals surface area contributed by atoms with Crippen molar-refractivity contribution in [2.45, 2.75) is 19.9 Å². The number of carbonyl (C=O) groups excluding carboxylic acids is 2. The molecule has 7 nitrogen and oxygen atoms in total. The van der Waals surface area contributed by atoms with Gasteiger partial charge in [-0.1, -0.05) is 35.3 Å². The van der Waals surface area contributed by atoms with Gasteiger partial charge in [-0.3, -0.25) is 4.79 Å².